The number of carbonyl (C=O) groups excluding carboxylic acids is 2. The van der Waals surface area contributed by atoms with Crippen molar-refractivity contribution in [3.63, 3.8) is 0 Å². The van der Waals surface area contributed by atoms with Crippen molar-refractivity contribution in [3.8, 4) is 0 Å². The summed E-state index contributed by atoms with van der Waals surface area (Å²) in [4.78, 5) is 27.1. The summed E-state index contributed by atoms with van der Waals surface area (Å²) in [6, 6.07) is 16.6. The van der Waals surface area contributed by atoms with Crippen molar-refractivity contribution >= 4 is 22.7 Å². The van der Waals surface area contributed by atoms with Gasteiger partial charge in [0.25, 0.3) is 0 Å². The zero-order valence-electron chi connectivity index (χ0n) is 12.8. The number of carbonyl (C=O) groups is 2. The first-order valence-electron chi connectivity index (χ1n) is 7.54. The average molecular weight is 307 g/mol. The Morgan fingerprint density at radius 3 is 2.48 bits per heavy atom. The lowest BCUT2D eigenvalue weighted by Crippen LogP contribution is -2.14. The summed E-state index contributed by atoms with van der Waals surface area (Å²) in [6.45, 7) is 1.79. The first kappa shape index (κ1) is 15.0. The quantitative estimate of drug-likeness (QED) is 0.576. The molecule has 1 N–H and O–H groups in total. The van der Waals surface area contributed by atoms with Crippen LogP contribution in [0.25, 0.3) is 10.9 Å². The van der Waals surface area contributed by atoms with Crippen LogP contribution in [0.2, 0.25) is 0 Å². The topological polar surface area (TPSA) is 59.2 Å². The van der Waals surface area contributed by atoms with Gasteiger partial charge in [-0.15, -0.1) is 0 Å². The first-order chi connectivity index (χ1) is 11.2. The molecule has 1 aromatic heterocycles. The van der Waals surface area contributed by atoms with Gasteiger partial charge in [0, 0.05) is 16.5 Å². The molecule has 1 heterocycles. The van der Waals surface area contributed by atoms with Crippen LogP contribution in [-0.4, -0.2) is 23.3 Å². The molecule has 2 aromatic carbocycles. The number of aryl methyl sites for hydroxylation is 1. The number of Topliss-reactive ketones (excluding diaryl/α,β-unsaturated/α-hetero) is 1. The van der Waals surface area contributed by atoms with Crippen LogP contribution in [0.4, 0.5) is 0 Å². The highest BCUT2D eigenvalue weighted by molar-refractivity contribution is 6.00. The van der Waals surface area contributed by atoms with Crippen molar-refractivity contribution in [2.24, 2.45) is 0 Å². The molecule has 0 saturated heterocycles. The van der Waals surface area contributed by atoms with E-state index in [0.717, 1.165) is 22.9 Å². The zero-order chi connectivity index (χ0) is 16.2. The third kappa shape index (κ3) is 3.31. The van der Waals surface area contributed by atoms with E-state index in [0.29, 0.717) is 11.3 Å². The Morgan fingerprint density at radius 2 is 1.78 bits per heavy atom. The number of ether oxygens (including phenoxy) is 1. The highest BCUT2D eigenvalue weighted by Gasteiger charge is 2.14. The van der Waals surface area contributed by atoms with Crippen molar-refractivity contribution in [3.05, 3.63) is 71.4 Å². The summed E-state index contributed by atoms with van der Waals surface area (Å²) in [6.07, 6.45) is 0.920. The van der Waals surface area contributed by atoms with Crippen LogP contribution in [0.1, 0.15) is 33.3 Å². The molecule has 0 unspecified atom stereocenters. The van der Waals surface area contributed by atoms with Gasteiger partial charge in [-0.05, 0) is 24.1 Å². The van der Waals surface area contributed by atoms with Gasteiger partial charge in [0.05, 0.1) is 0 Å². The van der Waals surface area contributed by atoms with E-state index in [4.69, 9.17) is 4.74 Å². The maximum Gasteiger partial charge on any atom is 0.355 e. The van der Waals surface area contributed by atoms with Gasteiger partial charge < -0.3 is 9.72 Å². The number of esters is 1. The first-order valence-corrected chi connectivity index (χ1v) is 7.54. The Kier molecular flexibility index (Phi) is 4.24. The summed E-state index contributed by atoms with van der Waals surface area (Å²) in [5, 5.41) is 0.931. The lowest BCUT2D eigenvalue weighted by atomic mass is 10.1. The molecule has 0 spiro atoms. The summed E-state index contributed by atoms with van der Waals surface area (Å²) in [5.74, 6) is -0.739. The van der Waals surface area contributed by atoms with Crippen LogP contribution < -0.4 is 0 Å². The molecule has 0 atom stereocenters. The SMILES string of the molecule is CCc1ccc(C(=O)COC(=O)c2cc3ccccc3[nH]2)cc1. The second kappa shape index (κ2) is 6.48. The molecular formula is C19H17NO3. The maximum absolute atomic E-state index is 12.1. The minimum absolute atomic E-state index is 0.211. The Morgan fingerprint density at radius 1 is 1.04 bits per heavy atom. The maximum atomic E-state index is 12.1. The Balaban J connectivity index is 1.64. The third-order valence-corrected chi connectivity index (χ3v) is 3.77. The van der Waals surface area contributed by atoms with Gasteiger partial charge in [0.1, 0.15) is 5.69 Å². The molecule has 0 saturated carbocycles. The fraction of sp³-hybridized carbons (Fsp3) is 0.158. The molecule has 116 valence electrons. The number of hydrogen-bond donors (Lipinski definition) is 1. The number of ketones is 1. The summed E-state index contributed by atoms with van der Waals surface area (Å²) in [7, 11) is 0. The monoisotopic (exact) mass is 307 g/mol. The number of para-hydroxylation sites is 1. The molecule has 0 aliphatic heterocycles. The molecule has 23 heavy (non-hydrogen) atoms. The Hall–Kier alpha value is -2.88. The van der Waals surface area contributed by atoms with Gasteiger partial charge in [-0.2, -0.15) is 0 Å². The van der Waals surface area contributed by atoms with Gasteiger partial charge in [0.2, 0.25) is 0 Å². The fourth-order valence-corrected chi connectivity index (χ4v) is 2.40. The lowest BCUT2D eigenvalue weighted by molar-refractivity contribution is 0.0470. The molecule has 0 amide bonds. The predicted molar refractivity (Wildman–Crippen MR) is 88.7 cm³/mol. The van der Waals surface area contributed by atoms with Crippen LogP contribution in [-0.2, 0) is 11.2 Å². The highest BCUT2D eigenvalue weighted by atomic mass is 16.5. The number of aromatic amines is 1. The van der Waals surface area contributed by atoms with E-state index < -0.39 is 5.97 Å². The number of aromatic nitrogens is 1. The van der Waals surface area contributed by atoms with Gasteiger partial charge in [0.15, 0.2) is 12.4 Å². The summed E-state index contributed by atoms with van der Waals surface area (Å²) in [5.41, 5.74) is 2.92. The van der Waals surface area contributed by atoms with E-state index in [-0.39, 0.29) is 12.4 Å². The van der Waals surface area contributed by atoms with Crippen molar-refractivity contribution in [1.29, 1.82) is 0 Å². The van der Waals surface area contributed by atoms with E-state index in [1.54, 1.807) is 18.2 Å². The molecule has 0 fully saturated rings. The largest absolute Gasteiger partial charge is 0.453 e. The third-order valence-electron chi connectivity index (χ3n) is 3.77. The predicted octanol–water partition coefficient (Wildman–Crippen LogP) is 3.77. The van der Waals surface area contributed by atoms with Crippen molar-refractivity contribution in [2.75, 3.05) is 6.61 Å². The Bertz CT molecular complexity index is 813. The smallest absolute Gasteiger partial charge is 0.355 e. The van der Waals surface area contributed by atoms with Gasteiger partial charge in [-0.3, -0.25) is 4.79 Å². The van der Waals surface area contributed by atoms with E-state index in [1.807, 2.05) is 36.4 Å². The molecule has 3 rings (SSSR count). The van der Waals surface area contributed by atoms with Gasteiger partial charge in [-0.1, -0.05) is 49.4 Å². The van der Waals surface area contributed by atoms with E-state index in [1.165, 1.54) is 0 Å². The number of benzene rings is 2. The van der Waals surface area contributed by atoms with Crippen molar-refractivity contribution in [2.45, 2.75) is 13.3 Å². The van der Waals surface area contributed by atoms with Gasteiger partial charge in [-0.25, -0.2) is 4.79 Å². The van der Waals surface area contributed by atoms with Crippen LogP contribution in [0.3, 0.4) is 0 Å². The normalized spacial score (nSPS) is 10.7. The number of nitrogens with one attached hydrogen (secondary N) is 1. The number of hydrogen-bond acceptors (Lipinski definition) is 3. The molecule has 0 radical (unpaired) electrons. The molecule has 0 bridgehead atoms. The van der Waals surface area contributed by atoms with E-state index >= 15 is 0 Å². The molecule has 3 aromatic rings. The summed E-state index contributed by atoms with van der Waals surface area (Å²) >= 11 is 0. The second-order valence-electron chi connectivity index (χ2n) is 5.32. The molecule has 0 aliphatic rings. The number of fused-ring (bicyclic) bond motifs is 1. The number of rotatable bonds is 5. The van der Waals surface area contributed by atoms with E-state index in [9.17, 15) is 9.59 Å². The molecule has 4 heteroatoms. The minimum Gasteiger partial charge on any atom is -0.453 e. The van der Waals surface area contributed by atoms with E-state index in [2.05, 4.69) is 11.9 Å². The summed E-state index contributed by atoms with van der Waals surface area (Å²) < 4.78 is 5.11. The fourth-order valence-electron chi connectivity index (χ4n) is 2.40. The minimum atomic E-state index is -0.528. The number of H-pyrrole nitrogens is 1. The van der Waals surface area contributed by atoms with Crippen LogP contribution in [0.15, 0.2) is 54.6 Å². The van der Waals surface area contributed by atoms with Crippen molar-refractivity contribution in [1.82, 2.24) is 4.98 Å². The second-order valence-corrected chi connectivity index (χ2v) is 5.32. The molecule has 4 nitrogen and oxygen atoms in total. The van der Waals surface area contributed by atoms with Crippen LogP contribution in [0, 0.1) is 0 Å². The van der Waals surface area contributed by atoms with Gasteiger partial charge >= 0.3 is 5.97 Å². The zero-order valence-corrected chi connectivity index (χ0v) is 12.8. The highest BCUT2D eigenvalue weighted by Crippen LogP contribution is 2.15. The Labute approximate surface area is 134 Å². The van der Waals surface area contributed by atoms with Crippen LogP contribution >= 0.6 is 0 Å². The molecular weight excluding hydrogens is 290 g/mol. The molecule has 0 aliphatic carbocycles. The van der Waals surface area contributed by atoms with Crippen LogP contribution in [0.5, 0.6) is 0 Å². The average Bonchev–Trinajstić information content (AvgIpc) is 3.03. The lowest BCUT2D eigenvalue weighted by Gasteiger charge is -2.04. The standard InChI is InChI=1S/C19H17NO3/c1-2-13-7-9-14(10-8-13)18(21)12-23-19(22)17-11-15-5-3-4-6-16(15)20-17/h3-11,20H,2,12H2,1H3. The van der Waals surface area contributed by atoms with Crippen molar-refractivity contribution < 1.29 is 14.3 Å².